The summed E-state index contributed by atoms with van der Waals surface area (Å²) in [7, 11) is 0. The number of non-ortho nitro benzene ring substituents is 1. The van der Waals surface area contributed by atoms with Gasteiger partial charge in [-0.05, 0) is 66.7 Å². The second-order valence-corrected chi connectivity index (χ2v) is 7.26. The smallest absolute Gasteiger partial charge is 0.269 e. The summed E-state index contributed by atoms with van der Waals surface area (Å²) < 4.78 is 2.21. The molecule has 0 aliphatic carbocycles. The second kappa shape index (κ2) is 7.44. The molecular formula is C21H20N4O2S. The first kappa shape index (κ1) is 18.2. The van der Waals surface area contributed by atoms with Crippen LogP contribution in [0.25, 0.3) is 0 Å². The molecule has 0 unspecified atom stereocenters. The lowest BCUT2D eigenvalue weighted by molar-refractivity contribution is -0.384. The molecule has 142 valence electrons. The predicted molar refractivity (Wildman–Crippen MR) is 113 cm³/mol. The lowest BCUT2D eigenvalue weighted by Gasteiger charge is -2.39. The number of nitro benzene ring substituents is 1. The molecule has 6 nitrogen and oxygen atoms in total. The highest BCUT2D eigenvalue weighted by Gasteiger charge is 2.30. The van der Waals surface area contributed by atoms with E-state index < -0.39 is 0 Å². The van der Waals surface area contributed by atoms with Crippen molar-refractivity contribution in [3.63, 3.8) is 0 Å². The Labute approximate surface area is 168 Å². The first-order valence-corrected chi connectivity index (χ1v) is 9.47. The number of nitro groups is 1. The maximum atomic E-state index is 11.0. The molecule has 1 N–H and O–H groups in total. The molecule has 1 aromatic heterocycles. The molecule has 0 fully saturated rings. The molecule has 1 aliphatic heterocycles. The van der Waals surface area contributed by atoms with Crippen LogP contribution < -0.4 is 5.32 Å². The van der Waals surface area contributed by atoms with Crippen LogP contribution in [0.2, 0.25) is 0 Å². The van der Waals surface area contributed by atoms with Crippen LogP contribution in [0.1, 0.15) is 22.9 Å². The largest absolute Gasteiger partial charge is 0.348 e. The fourth-order valence-corrected chi connectivity index (χ4v) is 3.96. The third kappa shape index (κ3) is 3.48. The van der Waals surface area contributed by atoms with Crippen molar-refractivity contribution in [2.45, 2.75) is 19.5 Å². The van der Waals surface area contributed by atoms with Crippen LogP contribution in [0.5, 0.6) is 0 Å². The van der Waals surface area contributed by atoms with Crippen LogP contribution >= 0.6 is 12.2 Å². The Kier molecular flexibility index (Phi) is 4.83. The molecule has 0 saturated carbocycles. The summed E-state index contributed by atoms with van der Waals surface area (Å²) in [5, 5.41) is 15.0. The minimum Gasteiger partial charge on any atom is -0.348 e. The van der Waals surface area contributed by atoms with Crippen molar-refractivity contribution in [2.24, 2.45) is 0 Å². The Morgan fingerprint density at radius 1 is 1.14 bits per heavy atom. The van der Waals surface area contributed by atoms with E-state index in [0.29, 0.717) is 5.11 Å². The molecule has 1 aliphatic rings. The number of hydrogen-bond acceptors (Lipinski definition) is 3. The first-order valence-electron chi connectivity index (χ1n) is 9.06. The van der Waals surface area contributed by atoms with E-state index in [1.807, 2.05) is 43.3 Å². The summed E-state index contributed by atoms with van der Waals surface area (Å²) in [6.07, 6.45) is 2.06. The van der Waals surface area contributed by atoms with Crippen LogP contribution in [-0.4, -0.2) is 26.0 Å². The zero-order chi connectivity index (χ0) is 19.7. The lowest BCUT2D eigenvalue weighted by atomic mass is 10.00. The topological polar surface area (TPSA) is 63.3 Å². The van der Waals surface area contributed by atoms with Crippen LogP contribution in [0, 0.1) is 17.0 Å². The number of aryl methyl sites for hydroxylation is 1. The number of rotatable bonds is 3. The van der Waals surface area contributed by atoms with Crippen molar-refractivity contribution in [3.8, 4) is 0 Å². The van der Waals surface area contributed by atoms with Crippen LogP contribution in [0.4, 0.5) is 11.4 Å². The van der Waals surface area contributed by atoms with E-state index in [4.69, 9.17) is 12.2 Å². The molecule has 0 radical (unpaired) electrons. The highest BCUT2D eigenvalue weighted by molar-refractivity contribution is 7.80. The van der Waals surface area contributed by atoms with Gasteiger partial charge in [-0.1, -0.05) is 12.1 Å². The molecule has 1 atom stereocenters. The molecule has 0 amide bonds. The monoisotopic (exact) mass is 392 g/mol. The highest BCUT2D eigenvalue weighted by atomic mass is 32.1. The van der Waals surface area contributed by atoms with Gasteiger partial charge >= 0.3 is 0 Å². The minimum atomic E-state index is -0.380. The molecule has 0 saturated heterocycles. The fraction of sp³-hybridized carbons (Fsp3) is 0.190. The summed E-state index contributed by atoms with van der Waals surface area (Å²) in [5.41, 5.74) is 4.29. The number of nitrogens with one attached hydrogen (secondary N) is 1. The number of nitrogens with zero attached hydrogens (tertiary/aromatic N) is 3. The summed E-state index contributed by atoms with van der Waals surface area (Å²) >= 11 is 5.74. The van der Waals surface area contributed by atoms with Gasteiger partial charge in [-0.25, -0.2) is 0 Å². The summed E-state index contributed by atoms with van der Waals surface area (Å²) in [6.45, 7) is 3.63. The summed E-state index contributed by atoms with van der Waals surface area (Å²) in [5.74, 6) is 0. The Morgan fingerprint density at radius 2 is 1.93 bits per heavy atom. The van der Waals surface area contributed by atoms with E-state index in [-0.39, 0.29) is 16.7 Å². The average Bonchev–Trinajstić information content (AvgIpc) is 3.16. The third-order valence-electron chi connectivity index (χ3n) is 4.99. The van der Waals surface area contributed by atoms with E-state index in [1.54, 1.807) is 12.1 Å². The predicted octanol–water partition coefficient (Wildman–Crippen LogP) is 4.51. The lowest BCUT2D eigenvalue weighted by Crippen LogP contribution is -2.44. The SMILES string of the molecule is Cc1cccc(NC(=S)N2CCn3cccc3[C@@H]2c2ccc([N+](=O)[O-])cc2)c1. The zero-order valence-corrected chi connectivity index (χ0v) is 16.2. The minimum absolute atomic E-state index is 0.0851. The van der Waals surface area contributed by atoms with Gasteiger partial charge < -0.3 is 14.8 Å². The van der Waals surface area contributed by atoms with Gasteiger partial charge in [-0.2, -0.15) is 0 Å². The number of hydrogen-bond donors (Lipinski definition) is 1. The van der Waals surface area contributed by atoms with E-state index in [9.17, 15) is 10.1 Å². The number of benzene rings is 2. The fourth-order valence-electron chi connectivity index (χ4n) is 3.65. The van der Waals surface area contributed by atoms with Gasteiger partial charge in [0.15, 0.2) is 5.11 Å². The molecule has 0 spiro atoms. The molecule has 3 aromatic rings. The highest BCUT2D eigenvalue weighted by Crippen LogP contribution is 2.33. The molecule has 2 aromatic carbocycles. The van der Waals surface area contributed by atoms with Crippen LogP contribution in [0.3, 0.4) is 0 Å². The van der Waals surface area contributed by atoms with E-state index in [0.717, 1.165) is 35.6 Å². The Balaban J connectivity index is 1.67. The van der Waals surface area contributed by atoms with Gasteiger partial charge in [0, 0.05) is 42.8 Å². The van der Waals surface area contributed by atoms with Crippen molar-refractivity contribution < 1.29 is 4.92 Å². The van der Waals surface area contributed by atoms with E-state index in [2.05, 4.69) is 33.1 Å². The molecule has 2 heterocycles. The molecular weight excluding hydrogens is 372 g/mol. The normalized spacial score (nSPS) is 15.8. The van der Waals surface area contributed by atoms with Crippen molar-refractivity contribution in [2.75, 3.05) is 11.9 Å². The standard InChI is InChI=1S/C21H20N4O2S/c1-15-4-2-5-17(14-15)22-21(28)24-13-12-23-11-3-6-19(23)20(24)16-7-9-18(10-8-16)25(26)27/h2-11,14,20H,12-13H2,1H3,(H,22,28)/t20-/m0/s1. The molecule has 0 bridgehead atoms. The molecule has 28 heavy (non-hydrogen) atoms. The summed E-state index contributed by atoms with van der Waals surface area (Å²) in [4.78, 5) is 12.8. The maximum absolute atomic E-state index is 11.0. The van der Waals surface area contributed by atoms with Crippen molar-refractivity contribution >= 4 is 28.7 Å². The van der Waals surface area contributed by atoms with Gasteiger partial charge in [-0.15, -0.1) is 0 Å². The Morgan fingerprint density at radius 3 is 2.64 bits per heavy atom. The van der Waals surface area contributed by atoms with Gasteiger partial charge in [0.25, 0.3) is 5.69 Å². The molecule has 7 heteroatoms. The number of anilines is 1. The van der Waals surface area contributed by atoms with Crippen molar-refractivity contribution in [1.82, 2.24) is 9.47 Å². The Hall–Kier alpha value is -3.19. The number of fused-ring (bicyclic) bond motifs is 1. The van der Waals surface area contributed by atoms with Gasteiger partial charge in [0.2, 0.25) is 0 Å². The summed E-state index contributed by atoms with van der Waals surface area (Å²) in [6, 6.07) is 18.8. The van der Waals surface area contributed by atoms with Crippen molar-refractivity contribution in [1.29, 1.82) is 0 Å². The van der Waals surface area contributed by atoms with Gasteiger partial charge in [0.1, 0.15) is 0 Å². The van der Waals surface area contributed by atoms with Gasteiger partial charge in [-0.3, -0.25) is 10.1 Å². The van der Waals surface area contributed by atoms with Crippen LogP contribution in [0.15, 0.2) is 66.9 Å². The van der Waals surface area contributed by atoms with Crippen molar-refractivity contribution in [3.05, 3.63) is 93.8 Å². The van der Waals surface area contributed by atoms with Gasteiger partial charge in [0.05, 0.1) is 11.0 Å². The Bertz CT molecular complexity index is 1030. The first-order chi connectivity index (χ1) is 13.5. The van der Waals surface area contributed by atoms with E-state index >= 15 is 0 Å². The zero-order valence-electron chi connectivity index (χ0n) is 15.4. The van der Waals surface area contributed by atoms with E-state index in [1.165, 1.54) is 0 Å². The average molecular weight is 392 g/mol. The maximum Gasteiger partial charge on any atom is 0.269 e. The molecule has 4 rings (SSSR count). The third-order valence-corrected chi connectivity index (χ3v) is 5.32. The quantitative estimate of drug-likeness (QED) is 0.404. The second-order valence-electron chi connectivity index (χ2n) is 6.87. The number of aromatic nitrogens is 1. The number of thiocarbonyl (C=S) groups is 1. The van der Waals surface area contributed by atoms with Crippen LogP contribution in [-0.2, 0) is 6.54 Å².